The third-order valence-electron chi connectivity index (χ3n) is 3.48. The fourth-order valence-electron chi connectivity index (χ4n) is 2.49. The Labute approximate surface area is 128 Å². The molecule has 3 aromatic rings. The molecule has 106 valence electrons. The van der Waals surface area contributed by atoms with E-state index in [9.17, 15) is 0 Å². The number of aromatic nitrogens is 2. The Morgan fingerprint density at radius 3 is 2.67 bits per heavy atom. The number of H-pyrrole nitrogens is 1. The smallest absolute Gasteiger partial charge is 0.153 e. The van der Waals surface area contributed by atoms with Crippen molar-refractivity contribution in [3.63, 3.8) is 0 Å². The van der Waals surface area contributed by atoms with Gasteiger partial charge < -0.3 is 5.73 Å². The second kappa shape index (κ2) is 5.66. The van der Waals surface area contributed by atoms with Crippen LogP contribution >= 0.6 is 11.8 Å². The summed E-state index contributed by atoms with van der Waals surface area (Å²) in [6, 6.07) is 16.6. The molecule has 3 nitrogen and oxygen atoms in total. The predicted octanol–water partition coefficient (Wildman–Crippen LogP) is 4.36. The quantitative estimate of drug-likeness (QED) is 0.706. The Morgan fingerprint density at radius 2 is 1.90 bits per heavy atom. The van der Waals surface area contributed by atoms with Gasteiger partial charge in [-0.15, -0.1) is 11.8 Å². The van der Waals surface area contributed by atoms with Crippen molar-refractivity contribution in [3.05, 3.63) is 54.1 Å². The summed E-state index contributed by atoms with van der Waals surface area (Å²) in [7, 11) is 0. The van der Waals surface area contributed by atoms with E-state index in [4.69, 9.17) is 5.73 Å². The number of nitrogens with one attached hydrogen (secondary N) is 1. The van der Waals surface area contributed by atoms with Crippen LogP contribution in [0.1, 0.15) is 5.56 Å². The van der Waals surface area contributed by atoms with Crippen LogP contribution < -0.4 is 5.73 Å². The van der Waals surface area contributed by atoms with Gasteiger partial charge in [-0.25, -0.2) is 0 Å². The topological polar surface area (TPSA) is 54.7 Å². The zero-order valence-electron chi connectivity index (χ0n) is 12.1. The predicted molar refractivity (Wildman–Crippen MR) is 90.4 cm³/mol. The molecule has 3 rings (SSSR count). The molecule has 0 radical (unpaired) electrons. The van der Waals surface area contributed by atoms with Crippen molar-refractivity contribution in [2.75, 3.05) is 12.0 Å². The average Bonchev–Trinajstić information content (AvgIpc) is 2.88. The second-order valence-corrected chi connectivity index (χ2v) is 5.78. The van der Waals surface area contributed by atoms with Gasteiger partial charge in [0.05, 0.1) is 11.3 Å². The number of nitrogens with two attached hydrogens (primary N) is 1. The first-order chi connectivity index (χ1) is 10.2. The first kappa shape index (κ1) is 13.8. The molecule has 0 aliphatic carbocycles. The molecule has 0 aliphatic rings. The maximum Gasteiger partial charge on any atom is 0.153 e. The largest absolute Gasteiger partial charge is 0.382 e. The van der Waals surface area contributed by atoms with Crippen LogP contribution in [0.2, 0.25) is 0 Å². The van der Waals surface area contributed by atoms with Gasteiger partial charge in [0, 0.05) is 10.5 Å². The zero-order valence-corrected chi connectivity index (χ0v) is 12.9. The Bertz CT molecular complexity index is 777. The molecule has 0 amide bonds. The van der Waals surface area contributed by atoms with Gasteiger partial charge in [-0.1, -0.05) is 48.0 Å². The highest BCUT2D eigenvalue weighted by molar-refractivity contribution is 7.98. The number of anilines is 1. The third kappa shape index (κ3) is 2.54. The summed E-state index contributed by atoms with van der Waals surface area (Å²) >= 11 is 1.72. The number of aryl methyl sites for hydroxylation is 1. The van der Waals surface area contributed by atoms with Crippen LogP contribution in [0, 0.1) is 6.92 Å². The van der Waals surface area contributed by atoms with Gasteiger partial charge in [0.15, 0.2) is 5.82 Å². The van der Waals surface area contributed by atoms with Crippen molar-refractivity contribution in [3.8, 4) is 22.4 Å². The van der Waals surface area contributed by atoms with Gasteiger partial charge in [0.2, 0.25) is 0 Å². The van der Waals surface area contributed by atoms with Crippen LogP contribution in [0.3, 0.4) is 0 Å². The van der Waals surface area contributed by atoms with E-state index in [1.807, 2.05) is 18.2 Å². The van der Waals surface area contributed by atoms with Crippen molar-refractivity contribution >= 4 is 17.6 Å². The first-order valence-corrected chi connectivity index (χ1v) is 7.97. The van der Waals surface area contributed by atoms with Crippen LogP contribution in [-0.4, -0.2) is 16.5 Å². The first-order valence-electron chi connectivity index (χ1n) is 6.75. The average molecular weight is 295 g/mol. The lowest BCUT2D eigenvalue weighted by Gasteiger charge is -2.09. The van der Waals surface area contributed by atoms with Gasteiger partial charge in [0.25, 0.3) is 0 Å². The van der Waals surface area contributed by atoms with E-state index >= 15 is 0 Å². The number of nitrogens with zero attached hydrogens (tertiary/aromatic N) is 1. The number of benzene rings is 2. The molecule has 0 aliphatic heterocycles. The minimum absolute atomic E-state index is 0.534. The van der Waals surface area contributed by atoms with Gasteiger partial charge in [-0.3, -0.25) is 5.10 Å². The van der Waals surface area contributed by atoms with Crippen molar-refractivity contribution in [1.29, 1.82) is 0 Å². The van der Waals surface area contributed by atoms with Crippen LogP contribution in [0.15, 0.2) is 53.4 Å². The number of aromatic amines is 1. The fourth-order valence-corrected chi connectivity index (χ4v) is 3.10. The van der Waals surface area contributed by atoms with E-state index < -0.39 is 0 Å². The fraction of sp³-hybridized carbons (Fsp3) is 0.118. The molecule has 4 heteroatoms. The lowest BCUT2D eigenvalue weighted by atomic mass is 9.99. The second-order valence-electron chi connectivity index (χ2n) is 4.93. The van der Waals surface area contributed by atoms with Crippen LogP contribution in [0.5, 0.6) is 0 Å². The Balaban J connectivity index is 2.22. The Morgan fingerprint density at radius 1 is 1.10 bits per heavy atom. The van der Waals surface area contributed by atoms with E-state index in [0.29, 0.717) is 5.82 Å². The van der Waals surface area contributed by atoms with E-state index in [1.165, 1.54) is 10.5 Å². The zero-order chi connectivity index (χ0) is 14.8. The summed E-state index contributed by atoms with van der Waals surface area (Å²) in [5.74, 6) is 0.534. The van der Waals surface area contributed by atoms with Gasteiger partial charge in [-0.05, 0) is 24.8 Å². The van der Waals surface area contributed by atoms with Crippen molar-refractivity contribution in [1.82, 2.24) is 10.2 Å². The molecule has 0 saturated carbocycles. The number of nitrogen functional groups attached to an aromatic ring is 1. The molecule has 3 N–H and O–H groups in total. The van der Waals surface area contributed by atoms with Gasteiger partial charge in [-0.2, -0.15) is 5.10 Å². The molecule has 21 heavy (non-hydrogen) atoms. The Hall–Kier alpha value is -2.20. The summed E-state index contributed by atoms with van der Waals surface area (Å²) in [6.07, 6.45) is 2.07. The molecule has 0 bridgehead atoms. The normalized spacial score (nSPS) is 10.8. The highest BCUT2D eigenvalue weighted by Gasteiger charge is 2.16. The standard InChI is InChI=1S/C17H17N3S/c1-11-6-5-7-12(10-11)15-16(19-20-17(15)18)13-8-3-4-9-14(13)21-2/h3-10H,1-2H3,(H3,18,19,20). The minimum Gasteiger partial charge on any atom is -0.382 e. The molecule has 0 saturated heterocycles. The van der Waals surface area contributed by atoms with Crippen LogP contribution in [0.4, 0.5) is 5.82 Å². The van der Waals surface area contributed by atoms with Crippen LogP contribution in [-0.2, 0) is 0 Å². The molecular formula is C17H17N3S. The van der Waals surface area contributed by atoms with Gasteiger partial charge in [0.1, 0.15) is 0 Å². The number of rotatable bonds is 3. The SMILES string of the molecule is CSc1ccccc1-c1[nH]nc(N)c1-c1cccc(C)c1. The van der Waals surface area contributed by atoms with E-state index in [1.54, 1.807) is 11.8 Å². The molecule has 1 heterocycles. The van der Waals surface area contributed by atoms with Crippen molar-refractivity contribution < 1.29 is 0 Å². The van der Waals surface area contributed by atoms with E-state index in [0.717, 1.165) is 22.4 Å². The molecule has 0 fully saturated rings. The monoisotopic (exact) mass is 295 g/mol. The molecule has 2 aromatic carbocycles. The summed E-state index contributed by atoms with van der Waals surface area (Å²) in [6.45, 7) is 2.08. The number of thioether (sulfide) groups is 1. The van der Waals surface area contributed by atoms with Gasteiger partial charge >= 0.3 is 0 Å². The maximum atomic E-state index is 6.10. The summed E-state index contributed by atoms with van der Waals surface area (Å²) < 4.78 is 0. The lowest BCUT2D eigenvalue weighted by molar-refractivity contribution is 1.10. The lowest BCUT2D eigenvalue weighted by Crippen LogP contribution is -1.90. The number of hydrogen-bond acceptors (Lipinski definition) is 3. The Kier molecular flexibility index (Phi) is 3.71. The van der Waals surface area contributed by atoms with Crippen molar-refractivity contribution in [2.45, 2.75) is 11.8 Å². The highest BCUT2D eigenvalue weighted by atomic mass is 32.2. The number of hydrogen-bond donors (Lipinski definition) is 2. The summed E-state index contributed by atoms with van der Waals surface area (Å²) in [4.78, 5) is 1.20. The third-order valence-corrected chi connectivity index (χ3v) is 4.27. The molecule has 0 unspecified atom stereocenters. The molecule has 0 spiro atoms. The molecule has 1 aromatic heterocycles. The summed E-state index contributed by atoms with van der Waals surface area (Å²) in [5.41, 5.74) is 11.5. The molecule has 0 atom stereocenters. The van der Waals surface area contributed by atoms with Crippen LogP contribution in [0.25, 0.3) is 22.4 Å². The maximum absolute atomic E-state index is 6.10. The minimum atomic E-state index is 0.534. The van der Waals surface area contributed by atoms with E-state index in [-0.39, 0.29) is 0 Å². The van der Waals surface area contributed by atoms with E-state index in [2.05, 4.69) is 53.7 Å². The highest BCUT2D eigenvalue weighted by Crippen LogP contribution is 2.38. The summed E-state index contributed by atoms with van der Waals surface area (Å²) in [5, 5.41) is 7.31. The molecular weight excluding hydrogens is 278 g/mol. The van der Waals surface area contributed by atoms with Crippen molar-refractivity contribution in [2.24, 2.45) is 0 Å².